The summed E-state index contributed by atoms with van der Waals surface area (Å²) in [5, 5.41) is 1.59. The van der Waals surface area contributed by atoms with Crippen molar-refractivity contribution in [3.63, 3.8) is 0 Å². The van der Waals surface area contributed by atoms with Crippen LogP contribution in [0.25, 0.3) is 11.1 Å². The summed E-state index contributed by atoms with van der Waals surface area (Å²) < 4.78 is 0. The van der Waals surface area contributed by atoms with Gasteiger partial charge in [0.25, 0.3) is 0 Å². The predicted molar refractivity (Wildman–Crippen MR) is 93.8 cm³/mol. The molecular formula is C19H26Si. The quantitative estimate of drug-likeness (QED) is 0.670. The molecule has 2 aromatic rings. The SMILES string of the molecule is Cc1ccc(-c2cc(C)c([Si](C)(C)C)cc2C)c(C)c1. The maximum Gasteiger partial charge on any atom is 0.0779 e. The zero-order valence-corrected chi connectivity index (χ0v) is 14.9. The van der Waals surface area contributed by atoms with Gasteiger partial charge in [-0.3, -0.25) is 0 Å². The Balaban J connectivity index is 2.62. The molecule has 106 valence electrons. The van der Waals surface area contributed by atoms with Crippen LogP contribution in [-0.2, 0) is 0 Å². The molecule has 0 heterocycles. The molecule has 0 N–H and O–H groups in total. The molecule has 0 unspecified atom stereocenters. The van der Waals surface area contributed by atoms with Gasteiger partial charge in [0.05, 0.1) is 8.07 Å². The normalized spacial score (nSPS) is 11.8. The Labute approximate surface area is 124 Å². The summed E-state index contributed by atoms with van der Waals surface area (Å²) >= 11 is 0. The van der Waals surface area contributed by atoms with Gasteiger partial charge in [0.15, 0.2) is 0 Å². The van der Waals surface area contributed by atoms with Gasteiger partial charge in [-0.2, -0.15) is 0 Å². The van der Waals surface area contributed by atoms with E-state index in [1.165, 1.54) is 33.4 Å². The third-order valence-corrected chi connectivity index (χ3v) is 6.21. The van der Waals surface area contributed by atoms with Gasteiger partial charge in [0, 0.05) is 0 Å². The number of rotatable bonds is 2. The predicted octanol–water partition coefficient (Wildman–Crippen LogP) is 5.13. The minimum Gasteiger partial charge on any atom is -0.0656 e. The van der Waals surface area contributed by atoms with Crippen LogP contribution in [0.5, 0.6) is 0 Å². The Kier molecular flexibility index (Phi) is 3.92. The maximum absolute atomic E-state index is 2.43. The van der Waals surface area contributed by atoms with Crippen LogP contribution in [0.3, 0.4) is 0 Å². The highest BCUT2D eigenvalue weighted by molar-refractivity contribution is 6.89. The second kappa shape index (κ2) is 5.21. The summed E-state index contributed by atoms with van der Waals surface area (Å²) in [7, 11) is -1.26. The highest BCUT2D eigenvalue weighted by Gasteiger charge is 2.20. The van der Waals surface area contributed by atoms with Crippen LogP contribution in [-0.4, -0.2) is 8.07 Å². The molecule has 2 rings (SSSR count). The number of benzene rings is 2. The van der Waals surface area contributed by atoms with Gasteiger partial charge < -0.3 is 0 Å². The highest BCUT2D eigenvalue weighted by atomic mass is 28.3. The van der Waals surface area contributed by atoms with E-state index in [4.69, 9.17) is 0 Å². The van der Waals surface area contributed by atoms with Crippen molar-refractivity contribution in [3.05, 3.63) is 52.6 Å². The Morgan fingerprint density at radius 1 is 0.650 bits per heavy atom. The van der Waals surface area contributed by atoms with Gasteiger partial charge in [0.2, 0.25) is 0 Å². The van der Waals surface area contributed by atoms with Gasteiger partial charge >= 0.3 is 0 Å². The van der Waals surface area contributed by atoms with Gasteiger partial charge in [-0.25, -0.2) is 0 Å². The maximum atomic E-state index is 2.43. The lowest BCUT2D eigenvalue weighted by Crippen LogP contribution is -2.39. The molecular weight excluding hydrogens is 256 g/mol. The molecule has 0 aliphatic rings. The first kappa shape index (κ1) is 15.1. The molecule has 0 aliphatic carbocycles. The van der Waals surface area contributed by atoms with E-state index in [0.717, 1.165) is 0 Å². The van der Waals surface area contributed by atoms with E-state index in [2.05, 4.69) is 77.7 Å². The summed E-state index contributed by atoms with van der Waals surface area (Å²) in [6, 6.07) is 11.6. The van der Waals surface area contributed by atoms with Crippen molar-refractivity contribution >= 4 is 13.3 Å². The fraction of sp³-hybridized carbons (Fsp3) is 0.368. The van der Waals surface area contributed by atoms with Crippen molar-refractivity contribution in [2.24, 2.45) is 0 Å². The van der Waals surface area contributed by atoms with E-state index in [-0.39, 0.29) is 0 Å². The zero-order chi connectivity index (χ0) is 15.1. The van der Waals surface area contributed by atoms with Crippen LogP contribution in [0.1, 0.15) is 22.3 Å². The summed E-state index contributed by atoms with van der Waals surface area (Å²) in [5.41, 5.74) is 8.32. The Morgan fingerprint density at radius 2 is 1.25 bits per heavy atom. The van der Waals surface area contributed by atoms with Crippen LogP contribution in [0, 0.1) is 27.7 Å². The van der Waals surface area contributed by atoms with E-state index in [1.807, 2.05) is 0 Å². The second-order valence-electron chi connectivity index (χ2n) is 7.05. The van der Waals surface area contributed by atoms with Crippen molar-refractivity contribution in [1.29, 1.82) is 0 Å². The first-order valence-electron chi connectivity index (χ1n) is 7.39. The molecule has 2 aromatic carbocycles. The third-order valence-electron chi connectivity index (χ3n) is 4.05. The molecule has 1 heteroatoms. The minimum atomic E-state index is -1.26. The molecule has 0 saturated carbocycles. The lowest BCUT2D eigenvalue weighted by molar-refractivity contribution is 1.35. The summed E-state index contributed by atoms with van der Waals surface area (Å²) in [4.78, 5) is 0. The summed E-state index contributed by atoms with van der Waals surface area (Å²) in [6.07, 6.45) is 0. The van der Waals surface area contributed by atoms with Crippen LogP contribution in [0.15, 0.2) is 30.3 Å². The van der Waals surface area contributed by atoms with Crippen molar-refractivity contribution < 1.29 is 0 Å². The van der Waals surface area contributed by atoms with Crippen LogP contribution >= 0.6 is 0 Å². The van der Waals surface area contributed by atoms with Gasteiger partial charge in [0.1, 0.15) is 0 Å². The van der Waals surface area contributed by atoms with E-state index in [0.29, 0.717) is 0 Å². The smallest absolute Gasteiger partial charge is 0.0656 e. The topological polar surface area (TPSA) is 0 Å². The van der Waals surface area contributed by atoms with Crippen molar-refractivity contribution in [2.45, 2.75) is 47.3 Å². The zero-order valence-electron chi connectivity index (χ0n) is 13.9. The average Bonchev–Trinajstić information content (AvgIpc) is 2.31. The van der Waals surface area contributed by atoms with Gasteiger partial charge in [-0.05, 0) is 49.9 Å². The van der Waals surface area contributed by atoms with Crippen LogP contribution in [0.2, 0.25) is 19.6 Å². The first-order valence-corrected chi connectivity index (χ1v) is 10.9. The third kappa shape index (κ3) is 2.88. The largest absolute Gasteiger partial charge is 0.0779 e. The van der Waals surface area contributed by atoms with Gasteiger partial charge in [-0.1, -0.05) is 66.3 Å². The molecule has 0 spiro atoms. The molecule has 20 heavy (non-hydrogen) atoms. The number of hydrogen-bond donors (Lipinski definition) is 0. The summed E-state index contributed by atoms with van der Waals surface area (Å²) in [5.74, 6) is 0. The molecule has 0 amide bonds. The van der Waals surface area contributed by atoms with E-state index >= 15 is 0 Å². The molecule has 0 aromatic heterocycles. The Morgan fingerprint density at radius 3 is 1.80 bits per heavy atom. The van der Waals surface area contributed by atoms with Crippen molar-refractivity contribution in [1.82, 2.24) is 0 Å². The molecule has 0 fully saturated rings. The molecule has 0 aliphatic heterocycles. The molecule has 0 radical (unpaired) electrons. The fourth-order valence-electron chi connectivity index (χ4n) is 3.03. The number of hydrogen-bond acceptors (Lipinski definition) is 0. The van der Waals surface area contributed by atoms with Crippen molar-refractivity contribution in [2.75, 3.05) is 0 Å². The van der Waals surface area contributed by atoms with Crippen molar-refractivity contribution in [3.8, 4) is 11.1 Å². The fourth-order valence-corrected chi connectivity index (χ4v) is 4.93. The van der Waals surface area contributed by atoms with Gasteiger partial charge in [-0.15, -0.1) is 0 Å². The average molecular weight is 283 g/mol. The lowest BCUT2D eigenvalue weighted by Gasteiger charge is -2.22. The Bertz CT molecular complexity index is 646. The highest BCUT2D eigenvalue weighted by Crippen LogP contribution is 2.28. The molecule has 0 saturated heterocycles. The molecule has 0 atom stereocenters. The first-order chi connectivity index (χ1) is 9.20. The Hall–Kier alpha value is -1.34. The van der Waals surface area contributed by atoms with E-state index < -0.39 is 8.07 Å². The second-order valence-corrected chi connectivity index (χ2v) is 12.1. The minimum absolute atomic E-state index is 1.26. The monoisotopic (exact) mass is 282 g/mol. The standard InChI is InChI=1S/C19H26Si/c1-13-8-9-17(14(2)10-13)18-11-16(4)19(12-15(18)3)20(5,6)7/h8-12H,1-7H3. The van der Waals surface area contributed by atoms with Crippen LogP contribution in [0.4, 0.5) is 0 Å². The van der Waals surface area contributed by atoms with E-state index in [9.17, 15) is 0 Å². The lowest BCUT2D eigenvalue weighted by atomic mass is 9.94. The van der Waals surface area contributed by atoms with E-state index in [1.54, 1.807) is 5.19 Å². The molecule has 0 bridgehead atoms. The summed E-state index contributed by atoms with van der Waals surface area (Å²) in [6.45, 7) is 16.1. The van der Waals surface area contributed by atoms with Crippen LogP contribution < -0.4 is 5.19 Å². The molecule has 0 nitrogen and oxygen atoms in total. The number of aryl methyl sites for hydroxylation is 4.